The Morgan fingerprint density at radius 2 is 2.13 bits per heavy atom. The van der Waals surface area contributed by atoms with Crippen LogP contribution >= 0.6 is 22.9 Å². The molecule has 1 saturated heterocycles. The molecule has 9 nitrogen and oxygen atoms in total. The topological polar surface area (TPSA) is 118 Å². The summed E-state index contributed by atoms with van der Waals surface area (Å²) in [5.74, 6) is -2.04. The van der Waals surface area contributed by atoms with E-state index in [0.29, 0.717) is 27.2 Å². The van der Waals surface area contributed by atoms with E-state index < -0.39 is 36.0 Å². The van der Waals surface area contributed by atoms with Crippen molar-refractivity contribution in [1.29, 1.82) is 0 Å². The summed E-state index contributed by atoms with van der Waals surface area (Å²) in [5.41, 5.74) is 2.40. The van der Waals surface area contributed by atoms with Gasteiger partial charge in [0.2, 0.25) is 0 Å². The molecule has 30 heavy (non-hydrogen) atoms. The second-order valence-electron chi connectivity index (χ2n) is 6.78. The molecule has 3 rings (SSSR count). The van der Waals surface area contributed by atoms with Crippen molar-refractivity contribution in [3.63, 3.8) is 0 Å². The van der Waals surface area contributed by atoms with Crippen LogP contribution in [0.3, 0.4) is 0 Å². The SMILES string of the molecule is CCC1(C)NC(=O)N(NC(=O)COC(=O)Cc2csc(-c3cccc(Cl)c3)n2)C1=O. The van der Waals surface area contributed by atoms with Crippen LogP contribution in [0.1, 0.15) is 26.0 Å². The van der Waals surface area contributed by atoms with Crippen molar-refractivity contribution in [2.24, 2.45) is 0 Å². The predicted octanol–water partition coefficient (Wildman–Crippen LogP) is 2.30. The number of aromatic nitrogens is 1. The molecule has 1 unspecified atom stereocenters. The Morgan fingerprint density at radius 1 is 1.37 bits per heavy atom. The van der Waals surface area contributed by atoms with Crippen molar-refractivity contribution in [3.05, 3.63) is 40.4 Å². The summed E-state index contributed by atoms with van der Waals surface area (Å²) in [7, 11) is 0. The number of carbonyl (C=O) groups excluding carboxylic acids is 4. The lowest BCUT2D eigenvalue weighted by molar-refractivity contribution is -0.150. The maximum atomic E-state index is 12.2. The quantitative estimate of drug-likeness (QED) is 0.493. The molecule has 11 heteroatoms. The standard InChI is InChI=1S/C19H19ClN4O5S/c1-3-19(2)17(27)24(18(28)22-19)23-14(25)9-29-15(26)8-13-10-30-16(21-13)11-5-4-6-12(20)7-11/h4-7,10H,3,8-9H2,1-2H3,(H,22,28)(H,23,25). The minimum absolute atomic E-state index is 0.124. The molecule has 0 bridgehead atoms. The first-order valence-corrected chi connectivity index (χ1v) is 10.3. The van der Waals surface area contributed by atoms with Crippen molar-refractivity contribution in [2.45, 2.75) is 32.2 Å². The number of imide groups is 1. The van der Waals surface area contributed by atoms with Crippen LogP contribution in [-0.4, -0.2) is 46.0 Å². The number of halogens is 1. The van der Waals surface area contributed by atoms with Gasteiger partial charge >= 0.3 is 12.0 Å². The second kappa shape index (κ2) is 8.80. The highest BCUT2D eigenvalue weighted by atomic mass is 35.5. The van der Waals surface area contributed by atoms with E-state index in [0.717, 1.165) is 5.56 Å². The number of hydrogen-bond acceptors (Lipinski definition) is 7. The van der Waals surface area contributed by atoms with Crippen LogP contribution < -0.4 is 10.7 Å². The minimum atomic E-state index is -1.08. The van der Waals surface area contributed by atoms with Crippen LogP contribution in [0, 0.1) is 0 Å². The number of nitrogens with one attached hydrogen (secondary N) is 2. The Balaban J connectivity index is 1.50. The molecule has 2 N–H and O–H groups in total. The Bertz CT molecular complexity index is 1010. The molecule has 2 aromatic rings. The van der Waals surface area contributed by atoms with E-state index in [4.69, 9.17) is 16.3 Å². The minimum Gasteiger partial charge on any atom is -0.455 e. The molecular weight excluding hydrogens is 432 g/mol. The van der Waals surface area contributed by atoms with Crippen molar-refractivity contribution < 1.29 is 23.9 Å². The zero-order valence-corrected chi connectivity index (χ0v) is 17.8. The zero-order valence-electron chi connectivity index (χ0n) is 16.2. The van der Waals surface area contributed by atoms with Crippen LogP contribution in [0.15, 0.2) is 29.6 Å². The van der Waals surface area contributed by atoms with E-state index >= 15 is 0 Å². The number of carbonyl (C=O) groups is 4. The third-order valence-corrected chi connectivity index (χ3v) is 5.69. The van der Waals surface area contributed by atoms with Crippen molar-refractivity contribution in [1.82, 2.24) is 20.7 Å². The van der Waals surface area contributed by atoms with Crippen molar-refractivity contribution >= 4 is 46.8 Å². The van der Waals surface area contributed by atoms with Crippen LogP contribution in [0.5, 0.6) is 0 Å². The summed E-state index contributed by atoms with van der Waals surface area (Å²) < 4.78 is 4.92. The van der Waals surface area contributed by atoms with Gasteiger partial charge in [-0.05, 0) is 25.5 Å². The molecule has 0 spiro atoms. The normalized spacial score (nSPS) is 18.3. The Labute approximate surface area is 181 Å². The number of thiazole rings is 1. The molecule has 1 aromatic heterocycles. The number of hydrazine groups is 1. The molecule has 158 valence electrons. The molecule has 1 atom stereocenters. The first-order valence-electron chi connectivity index (χ1n) is 9.04. The lowest BCUT2D eigenvalue weighted by atomic mass is 10.00. The van der Waals surface area contributed by atoms with Crippen LogP contribution in [0.25, 0.3) is 10.6 Å². The van der Waals surface area contributed by atoms with Gasteiger partial charge in [-0.15, -0.1) is 11.3 Å². The van der Waals surface area contributed by atoms with Gasteiger partial charge in [0.1, 0.15) is 10.5 Å². The van der Waals surface area contributed by atoms with Gasteiger partial charge in [-0.2, -0.15) is 5.01 Å². The molecule has 0 saturated carbocycles. The van der Waals surface area contributed by atoms with Gasteiger partial charge in [-0.25, -0.2) is 9.78 Å². The largest absolute Gasteiger partial charge is 0.455 e. The maximum absolute atomic E-state index is 12.2. The van der Waals surface area contributed by atoms with Gasteiger partial charge in [0, 0.05) is 16.0 Å². The smallest absolute Gasteiger partial charge is 0.344 e. The number of esters is 1. The van der Waals surface area contributed by atoms with Crippen LogP contribution in [-0.2, 0) is 25.5 Å². The average Bonchev–Trinajstić information content (AvgIpc) is 3.25. The summed E-state index contributed by atoms with van der Waals surface area (Å²) in [6.07, 6.45) is 0.241. The molecular formula is C19H19ClN4O5S. The fourth-order valence-corrected chi connectivity index (χ4v) is 3.68. The number of amides is 4. The fraction of sp³-hybridized carbons (Fsp3) is 0.316. The highest BCUT2D eigenvalue weighted by Gasteiger charge is 2.47. The number of rotatable bonds is 7. The molecule has 0 radical (unpaired) electrons. The van der Waals surface area contributed by atoms with Crippen molar-refractivity contribution in [2.75, 3.05) is 6.61 Å². The summed E-state index contributed by atoms with van der Waals surface area (Å²) in [4.78, 5) is 52.5. The Kier molecular flexibility index (Phi) is 6.37. The van der Waals surface area contributed by atoms with Crippen LogP contribution in [0.4, 0.5) is 4.79 Å². The van der Waals surface area contributed by atoms with E-state index in [1.54, 1.807) is 37.4 Å². The predicted molar refractivity (Wildman–Crippen MR) is 109 cm³/mol. The monoisotopic (exact) mass is 450 g/mol. The average molecular weight is 451 g/mol. The van der Waals surface area contributed by atoms with E-state index in [1.807, 2.05) is 6.07 Å². The molecule has 1 aromatic carbocycles. The first kappa shape index (κ1) is 21.7. The third-order valence-electron chi connectivity index (χ3n) is 4.52. The van der Waals surface area contributed by atoms with Crippen LogP contribution in [0.2, 0.25) is 5.02 Å². The van der Waals surface area contributed by atoms with Gasteiger partial charge in [-0.1, -0.05) is 30.7 Å². The van der Waals surface area contributed by atoms with Crippen molar-refractivity contribution in [3.8, 4) is 10.6 Å². The fourth-order valence-electron chi connectivity index (χ4n) is 2.67. The second-order valence-corrected chi connectivity index (χ2v) is 8.08. The summed E-state index contributed by atoms with van der Waals surface area (Å²) >= 11 is 7.33. The zero-order chi connectivity index (χ0) is 21.9. The number of hydrogen-bond donors (Lipinski definition) is 2. The Morgan fingerprint density at radius 3 is 2.80 bits per heavy atom. The van der Waals surface area contributed by atoms with E-state index in [-0.39, 0.29) is 6.42 Å². The third kappa shape index (κ3) is 4.77. The van der Waals surface area contributed by atoms with Gasteiger partial charge < -0.3 is 10.1 Å². The number of ether oxygens (including phenoxy) is 1. The van der Waals surface area contributed by atoms with Gasteiger partial charge in [0.05, 0.1) is 12.1 Å². The Hall–Kier alpha value is -2.98. The molecule has 2 heterocycles. The number of benzene rings is 1. The molecule has 1 aliphatic rings. The maximum Gasteiger partial charge on any atom is 0.344 e. The molecule has 1 fully saturated rings. The molecule has 1 aliphatic heterocycles. The van der Waals surface area contributed by atoms with Gasteiger partial charge in [0.15, 0.2) is 6.61 Å². The molecule has 0 aliphatic carbocycles. The first-order chi connectivity index (χ1) is 14.2. The van der Waals surface area contributed by atoms with E-state index in [2.05, 4.69) is 15.7 Å². The highest BCUT2D eigenvalue weighted by molar-refractivity contribution is 7.13. The molecule has 4 amide bonds. The lowest BCUT2D eigenvalue weighted by Gasteiger charge is -2.19. The van der Waals surface area contributed by atoms with Gasteiger partial charge in [0.25, 0.3) is 11.8 Å². The number of urea groups is 1. The summed E-state index contributed by atoms with van der Waals surface area (Å²) in [6, 6.07) is 6.45. The van der Waals surface area contributed by atoms with E-state index in [1.165, 1.54) is 11.3 Å². The summed E-state index contributed by atoms with van der Waals surface area (Å²) in [5, 5.41) is 6.10. The summed E-state index contributed by atoms with van der Waals surface area (Å²) in [6.45, 7) is 2.66. The van der Waals surface area contributed by atoms with E-state index in [9.17, 15) is 19.2 Å². The highest BCUT2D eigenvalue weighted by Crippen LogP contribution is 2.26. The van der Waals surface area contributed by atoms with Gasteiger partial charge in [-0.3, -0.25) is 19.8 Å². The number of nitrogens with zero attached hydrogens (tertiary/aromatic N) is 2. The lowest BCUT2D eigenvalue weighted by Crippen LogP contribution is -2.49.